The van der Waals surface area contributed by atoms with Gasteiger partial charge >= 0.3 is 0 Å². The van der Waals surface area contributed by atoms with Crippen LogP contribution in [0.5, 0.6) is 11.5 Å². The summed E-state index contributed by atoms with van der Waals surface area (Å²) in [5.74, 6) is -2.31. The van der Waals surface area contributed by atoms with E-state index >= 15 is 0 Å². The number of benzene rings is 1. The van der Waals surface area contributed by atoms with Crippen molar-refractivity contribution in [1.29, 1.82) is 0 Å². The van der Waals surface area contributed by atoms with Crippen molar-refractivity contribution < 1.29 is 44.6 Å². The van der Waals surface area contributed by atoms with Gasteiger partial charge in [0.25, 0.3) is 0 Å². The Hall–Kier alpha value is -2.04. The maximum atomic E-state index is 13.0. The van der Waals surface area contributed by atoms with Crippen LogP contribution in [-0.4, -0.2) is 79.3 Å². The molecule has 5 N–H and O–H groups in total. The molecule has 9 heteroatoms. The number of carbonyl (C=O) groups is 2. The third-order valence-electron chi connectivity index (χ3n) is 5.56. The molecule has 2 fully saturated rings. The molecular formula is C16H16O9. The van der Waals surface area contributed by atoms with E-state index in [0.717, 1.165) is 13.0 Å². The largest absolute Gasteiger partial charge is 0.507 e. The van der Waals surface area contributed by atoms with Crippen molar-refractivity contribution in [3.05, 3.63) is 23.3 Å². The van der Waals surface area contributed by atoms with E-state index in [4.69, 9.17) is 9.47 Å². The van der Waals surface area contributed by atoms with E-state index in [1.54, 1.807) is 0 Å². The predicted octanol–water partition coefficient (Wildman–Crippen LogP) is -1.87. The van der Waals surface area contributed by atoms with Gasteiger partial charge in [0, 0.05) is 11.6 Å². The highest BCUT2D eigenvalue weighted by Gasteiger charge is 2.92. The third-order valence-corrected chi connectivity index (χ3v) is 5.56. The highest BCUT2D eigenvalue weighted by atomic mass is 16.7. The van der Waals surface area contributed by atoms with Gasteiger partial charge < -0.3 is 35.0 Å². The molecule has 2 aliphatic carbocycles. The number of phenols is 1. The summed E-state index contributed by atoms with van der Waals surface area (Å²) in [6.07, 6.45) is -5.90. The van der Waals surface area contributed by atoms with Gasteiger partial charge in [0.15, 0.2) is 11.2 Å². The molecule has 0 bridgehead atoms. The zero-order chi connectivity index (χ0) is 18.5. The fourth-order valence-electron chi connectivity index (χ4n) is 4.09. The third kappa shape index (κ3) is 1.48. The normalized spacial score (nSPS) is 44.6. The number of carbonyl (C=O) groups excluding carboxylic acids is 2. The number of epoxide rings is 1. The van der Waals surface area contributed by atoms with Crippen molar-refractivity contribution in [2.75, 3.05) is 7.11 Å². The van der Waals surface area contributed by atoms with E-state index in [9.17, 15) is 35.1 Å². The minimum absolute atomic E-state index is 0.0968. The van der Waals surface area contributed by atoms with Gasteiger partial charge in [-0.2, -0.15) is 0 Å². The number of ketones is 2. The number of hydrogen-bond donors (Lipinski definition) is 5. The van der Waals surface area contributed by atoms with Crippen molar-refractivity contribution in [1.82, 2.24) is 0 Å². The summed E-state index contributed by atoms with van der Waals surface area (Å²) in [6.45, 7) is 1.03. The minimum Gasteiger partial charge on any atom is -0.507 e. The number of aliphatic hydroxyl groups is 4. The summed E-state index contributed by atoms with van der Waals surface area (Å²) in [4.78, 5) is 26.0. The number of aromatic hydroxyl groups is 1. The molecule has 1 aliphatic heterocycles. The predicted molar refractivity (Wildman–Crippen MR) is 78.5 cm³/mol. The monoisotopic (exact) mass is 352 g/mol. The molecule has 1 saturated heterocycles. The molecule has 1 aromatic carbocycles. The lowest BCUT2D eigenvalue weighted by Crippen LogP contribution is -2.73. The topological polar surface area (TPSA) is 157 Å². The first kappa shape index (κ1) is 16.4. The second-order valence-corrected chi connectivity index (χ2v) is 6.82. The van der Waals surface area contributed by atoms with Crippen molar-refractivity contribution in [2.45, 2.75) is 42.0 Å². The van der Waals surface area contributed by atoms with Crippen molar-refractivity contribution >= 4 is 11.6 Å². The lowest BCUT2D eigenvalue weighted by Gasteiger charge is -2.46. The van der Waals surface area contributed by atoms with Gasteiger partial charge in [0.2, 0.25) is 11.6 Å². The standard InChI is InChI=1S/C16H16O9/c1-14(23)11(20)12(21)15-10(19)8-6(3-5(24-2)4-7(8)17)9(18)16(15,25-15)13(14)22/h3-4,11-13,17,20-23H,1-2H3/t11-,12-,13+,14-,15?,16+/m1/s1. The van der Waals surface area contributed by atoms with Crippen LogP contribution in [0.2, 0.25) is 0 Å². The first-order chi connectivity index (χ1) is 11.6. The number of Topliss-reactive ketones (excluding diaryl/α,β-unsaturated/α-hetero) is 2. The number of methoxy groups -OCH3 is 1. The Labute approximate surface area is 141 Å². The Morgan fingerprint density at radius 2 is 1.72 bits per heavy atom. The van der Waals surface area contributed by atoms with Crippen LogP contribution in [0.1, 0.15) is 27.6 Å². The van der Waals surface area contributed by atoms with Crippen LogP contribution in [0.15, 0.2) is 12.1 Å². The van der Waals surface area contributed by atoms with Crippen molar-refractivity contribution in [2.24, 2.45) is 0 Å². The Morgan fingerprint density at radius 3 is 2.32 bits per heavy atom. The van der Waals surface area contributed by atoms with Gasteiger partial charge in [0.05, 0.1) is 12.7 Å². The molecule has 1 unspecified atom stereocenters. The Bertz CT molecular complexity index is 831. The molecule has 1 heterocycles. The van der Waals surface area contributed by atoms with Crippen LogP contribution in [0.3, 0.4) is 0 Å². The van der Waals surface area contributed by atoms with E-state index in [1.165, 1.54) is 13.2 Å². The second-order valence-electron chi connectivity index (χ2n) is 6.82. The molecule has 1 saturated carbocycles. The molecule has 0 aromatic heterocycles. The molecule has 3 aliphatic rings. The van der Waals surface area contributed by atoms with Crippen LogP contribution < -0.4 is 4.74 Å². The van der Waals surface area contributed by atoms with Crippen molar-refractivity contribution in [3.8, 4) is 11.5 Å². The lowest BCUT2D eigenvalue weighted by atomic mass is 9.59. The fourth-order valence-corrected chi connectivity index (χ4v) is 4.09. The second kappa shape index (κ2) is 4.37. The van der Waals surface area contributed by atoms with E-state index in [2.05, 4.69) is 0 Å². The summed E-state index contributed by atoms with van der Waals surface area (Å²) in [5, 5.41) is 51.5. The number of phenolic OH excluding ortho intramolecular Hbond substituents is 1. The van der Waals surface area contributed by atoms with Crippen LogP contribution in [0.4, 0.5) is 0 Å². The Balaban J connectivity index is 2.00. The zero-order valence-electron chi connectivity index (χ0n) is 13.3. The van der Waals surface area contributed by atoms with Gasteiger partial charge in [-0.3, -0.25) is 9.59 Å². The molecule has 1 aromatic rings. The molecule has 4 rings (SSSR count). The molecule has 6 atom stereocenters. The molecule has 134 valence electrons. The summed E-state index contributed by atoms with van der Waals surface area (Å²) in [6, 6.07) is 2.32. The van der Waals surface area contributed by atoms with E-state index in [1.807, 2.05) is 0 Å². The van der Waals surface area contributed by atoms with Crippen LogP contribution in [0, 0.1) is 0 Å². The van der Waals surface area contributed by atoms with Crippen molar-refractivity contribution in [3.63, 3.8) is 0 Å². The fraction of sp³-hybridized carbons (Fsp3) is 0.500. The Kier molecular flexibility index (Phi) is 2.88. The maximum absolute atomic E-state index is 13.0. The summed E-state index contributed by atoms with van der Waals surface area (Å²) in [7, 11) is 1.30. The van der Waals surface area contributed by atoms with Crippen LogP contribution in [-0.2, 0) is 4.74 Å². The molecule has 0 radical (unpaired) electrons. The molecule has 0 amide bonds. The zero-order valence-corrected chi connectivity index (χ0v) is 13.3. The van der Waals surface area contributed by atoms with E-state index in [0.29, 0.717) is 0 Å². The quantitative estimate of drug-likeness (QED) is 0.365. The molecule has 9 nitrogen and oxygen atoms in total. The van der Waals surface area contributed by atoms with Gasteiger partial charge in [0.1, 0.15) is 35.4 Å². The summed E-state index contributed by atoms with van der Waals surface area (Å²) >= 11 is 0. The number of hydrogen-bond acceptors (Lipinski definition) is 9. The molecule has 25 heavy (non-hydrogen) atoms. The molecular weight excluding hydrogens is 336 g/mol. The number of fused-ring (bicyclic) bond motifs is 1. The molecule has 0 spiro atoms. The smallest absolute Gasteiger partial charge is 0.205 e. The number of aliphatic hydroxyl groups excluding tert-OH is 3. The average molecular weight is 352 g/mol. The first-order valence-corrected chi connectivity index (χ1v) is 7.54. The van der Waals surface area contributed by atoms with E-state index < -0.39 is 52.4 Å². The van der Waals surface area contributed by atoms with Gasteiger partial charge in [-0.1, -0.05) is 0 Å². The highest BCUT2D eigenvalue weighted by Crippen LogP contribution is 2.65. The number of ether oxygens (including phenoxy) is 2. The van der Waals surface area contributed by atoms with E-state index in [-0.39, 0.29) is 16.9 Å². The minimum atomic E-state index is -2.30. The summed E-state index contributed by atoms with van der Waals surface area (Å²) < 4.78 is 10.3. The lowest BCUT2D eigenvalue weighted by molar-refractivity contribution is -0.195. The Morgan fingerprint density at radius 1 is 1.08 bits per heavy atom. The highest BCUT2D eigenvalue weighted by molar-refractivity contribution is 6.27. The van der Waals surface area contributed by atoms with Gasteiger partial charge in [-0.15, -0.1) is 0 Å². The van der Waals surface area contributed by atoms with Crippen LogP contribution in [0.25, 0.3) is 0 Å². The van der Waals surface area contributed by atoms with Crippen LogP contribution >= 0.6 is 0 Å². The average Bonchev–Trinajstić information content (AvgIpc) is 3.29. The van der Waals surface area contributed by atoms with Gasteiger partial charge in [-0.05, 0) is 13.0 Å². The first-order valence-electron chi connectivity index (χ1n) is 7.54. The maximum Gasteiger partial charge on any atom is 0.205 e. The van der Waals surface area contributed by atoms with Gasteiger partial charge in [-0.25, -0.2) is 0 Å². The SMILES string of the molecule is COc1cc(O)c2c(c1)C(=O)[C@@]13OC1(C2=O)[C@H](O)[C@@H](O)[C@@](C)(O)[C@@H]3O. The number of rotatable bonds is 1. The summed E-state index contributed by atoms with van der Waals surface area (Å²) in [5.41, 5.74) is -7.44.